The summed E-state index contributed by atoms with van der Waals surface area (Å²) in [4.78, 5) is 13.9. The average Bonchev–Trinajstić information content (AvgIpc) is 2.35. The zero-order chi connectivity index (χ0) is 14.0. The first-order valence-corrected chi connectivity index (χ1v) is 6.60. The number of para-hydroxylation sites is 1. The Hall–Kier alpha value is -1.55. The summed E-state index contributed by atoms with van der Waals surface area (Å²) in [6, 6.07) is 7.78. The Morgan fingerprint density at radius 3 is 2.74 bits per heavy atom. The molecule has 4 heteroatoms. The minimum Gasteiger partial charge on any atom is -0.443 e. The molecule has 0 aromatic heterocycles. The summed E-state index contributed by atoms with van der Waals surface area (Å²) in [6.45, 7) is 6.13. The highest BCUT2D eigenvalue weighted by molar-refractivity contribution is 5.89. The second-order valence-electron chi connectivity index (χ2n) is 5.97. The van der Waals surface area contributed by atoms with E-state index < -0.39 is 5.60 Å². The fraction of sp³-hybridized carbons (Fsp3) is 0.533. The van der Waals surface area contributed by atoms with Gasteiger partial charge in [-0.15, -0.1) is 0 Å². The van der Waals surface area contributed by atoms with Gasteiger partial charge in [-0.3, -0.25) is 4.90 Å². The first-order chi connectivity index (χ1) is 8.90. The number of anilines is 1. The molecule has 0 aliphatic carbocycles. The SMILES string of the molecule is CC(C)(C)OC(=O)N1C[C@@H](CO)Cc2ccccc21. The van der Waals surface area contributed by atoms with Gasteiger partial charge in [0, 0.05) is 19.1 Å². The van der Waals surface area contributed by atoms with E-state index in [1.165, 1.54) is 0 Å². The van der Waals surface area contributed by atoms with Crippen LogP contribution in [0, 0.1) is 5.92 Å². The van der Waals surface area contributed by atoms with Gasteiger partial charge >= 0.3 is 6.09 Å². The molecule has 0 saturated heterocycles. The number of carbonyl (C=O) groups excluding carboxylic acids is 1. The lowest BCUT2D eigenvalue weighted by Crippen LogP contribution is -2.43. The highest BCUT2D eigenvalue weighted by Gasteiger charge is 2.30. The quantitative estimate of drug-likeness (QED) is 0.847. The minimum atomic E-state index is -0.516. The van der Waals surface area contributed by atoms with Gasteiger partial charge in [0.15, 0.2) is 0 Å². The van der Waals surface area contributed by atoms with Gasteiger partial charge in [0.2, 0.25) is 0 Å². The van der Waals surface area contributed by atoms with Crippen molar-refractivity contribution in [3.05, 3.63) is 29.8 Å². The number of benzene rings is 1. The number of hydrogen-bond donors (Lipinski definition) is 1. The van der Waals surface area contributed by atoms with Crippen LogP contribution in [0.2, 0.25) is 0 Å². The predicted molar refractivity (Wildman–Crippen MR) is 74.3 cm³/mol. The second kappa shape index (κ2) is 5.21. The number of carbonyl (C=O) groups is 1. The van der Waals surface area contributed by atoms with Crippen LogP contribution in [0.1, 0.15) is 26.3 Å². The van der Waals surface area contributed by atoms with E-state index in [1.807, 2.05) is 45.0 Å². The van der Waals surface area contributed by atoms with Crippen molar-refractivity contribution in [2.45, 2.75) is 32.8 Å². The molecule has 0 saturated carbocycles. The summed E-state index contributed by atoms with van der Waals surface area (Å²) in [5.41, 5.74) is 1.46. The molecular weight excluding hydrogens is 242 g/mol. The van der Waals surface area contributed by atoms with Gasteiger partial charge in [-0.2, -0.15) is 0 Å². The minimum absolute atomic E-state index is 0.0717. The third-order valence-corrected chi connectivity index (χ3v) is 3.10. The number of rotatable bonds is 1. The second-order valence-corrected chi connectivity index (χ2v) is 5.97. The molecule has 19 heavy (non-hydrogen) atoms. The van der Waals surface area contributed by atoms with E-state index in [9.17, 15) is 9.90 Å². The largest absolute Gasteiger partial charge is 0.443 e. The molecule has 104 valence electrons. The van der Waals surface area contributed by atoms with Gasteiger partial charge in [-0.05, 0) is 38.8 Å². The lowest BCUT2D eigenvalue weighted by Gasteiger charge is -2.35. The number of nitrogens with zero attached hydrogens (tertiary/aromatic N) is 1. The standard InChI is InChI=1S/C15H21NO3/c1-15(2,3)19-14(18)16-9-11(10-17)8-12-6-4-5-7-13(12)16/h4-7,11,17H,8-10H2,1-3H3/t11-/m0/s1. The third kappa shape index (κ3) is 3.26. The molecule has 1 atom stereocenters. The summed E-state index contributed by atoms with van der Waals surface area (Å²) in [5.74, 6) is 0.0717. The van der Waals surface area contributed by atoms with Crippen LogP contribution in [0.5, 0.6) is 0 Å². The molecule has 1 N–H and O–H groups in total. The molecule has 2 rings (SSSR count). The van der Waals surface area contributed by atoms with E-state index >= 15 is 0 Å². The highest BCUT2D eigenvalue weighted by atomic mass is 16.6. The molecule has 0 unspecified atom stereocenters. The Morgan fingerprint density at radius 1 is 1.42 bits per heavy atom. The van der Waals surface area contributed by atoms with E-state index in [4.69, 9.17) is 4.74 Å². The zero-order valence-electron chi connectivity index (χ0n) is 11.7. The molecule has 1 aliphatic rings. The number of aliphatic hydroxyl groups excluding tert-OH is 1. The molecule has 1 aliphatic heterocycles. The van der Waals surface area contributed by atoms with E-state index in [0.717, 1.165) is 17.7 Å². The van der Waals surface area contributed by atoms with Crippen molar-refractivity contribution in [1.82, 2.24) is 0 Å². The van der Waals surface area contributed by atoms with Crippen LogP contribution < -0.4 is 4.90 Å². The van der Waals surface area contributed by atoms with Crippen molar-refractivity contribution in [1.29, 1.82) is 0 Å². The van der Waals surface area contributed by atoms with E-state index in [2.05, 4.69) is 0 Å². The maximum absolute atomic E-state index is 12.3. The van der Waals surface area contributed by atoms with E-state index in [1.54, 1.807) is 4.90 Å². The van der Waals surface area contributed by atoms with Crippen LogP contribution >= 0.6 is 0 Å². The van der Waals surface area contributed by atoms with E-state index in [0.29, 0.717) is 6.54 Å². The van der Waals surface area contributed by atoms with Crippen LogP contribution in [-0.2, 0) is 11.2 Å². The molecular formula is C15H21NO3. The van der Waals surface area contributed by atoms with Crippen LogP contribution in [-0.4, -0.2) is 30.0 Å². The first-order valence-electron chi connectivity index (χ1n) is 6.60. The van der Waals surface area contributed by atoms with Crippen molar-refractivity contribution >= 4 is 11.8 Å². The first kappa shape index (κ1) is 13.9. The molecule has 0 radical (unpaired) electrons. The summed E-state index contributed by atoms with van der Waals surface area (Å²) in [6.07, 6.45) is 0.449. The predicted octanol–water partition coefficient (Wildman–Crippen LogP) is 2.59. The van der Waals surface area contributed by atoms with Gasteiger partial charge in [-0.1, -0.05) is 18.2 Å². The molecule has 1 aromatic rings. The van der Waals surface area contributed by atoms with Crippen molar-refractivity contribution in [2.75, 3.05) is 18.1 Å². The third-order valence-electron chi connectivity index (χ3n) is 3.10. The average molecular weight is 263 g/mol. The summed E-state index contributed by atoms with van der Waals surface area (Å²) in [7, 11) is 0. The Labute approximate surface area is 114 Å². The van der Waals surface area contributed by atoms with Gasteiger partial charge in [-0.25, -0.2) is 4.79 Å². The fourth-order valence-electron chi connectivity index (χ4n) is 2.29. The fourth-order valence-corrected chi connectivity index (χ4v) is 2.29. The number of hydrogen-bond acceptors (Lipinski definition) is 3. The monoisotopic (exact) mass is 263 g/mol. The van der Waals surface area contributed by atoms with Crippen molar-refractivity contribution in [3.8, 4) is 0 Å². The maximum Gasteiger partial charge on any atom is 0.414 e. The van der Waals surface area contributed by atoms with Crippen molar-refractivity contribution < 1.29 is 14.6 Å². The van der Waals surface area contributed by atoms with Crippen molar-refractivity contribution in [2.24, 2.45) is 5.92 Å². The Balaban J connectivity index is 2.27. The van der Waals surface area contributed by atoms with Crippen LogP contribution in [0.25, 0.3) is 0 Å². The molecule has 0 fully saturated rings. The summed E-state index contributed by atoms with van der Waals surface area (Å²) < 4.78 is 5.43. The lowest BCUT2D eigenvalue weighted by molar-refractivity contribution is 0.0566. The Bertz CT molecular complexity index is 465. The van der Waals surface area contributed by atoms with Crippen LogP contribution in [0.3, 0.4) is 0 Å². The molecule has 1 amide bonds. The highest BCUT2D eigenvalue weighted by Crippen LogP contribution is 2.30. The smallest absolute Gasteiger partial charge is 0.414 e. The Kier molecular flexibility index (Phi) is 3.80. The maximum atomic E-state index is 12.3. The van der Waals surface area contributed by atoms with Crippen LogP contribution in [0.15, 0.2) is 24.3 Å². The molecule has 1 aromatic carbocycles. The van der Waals surface area contributed by atoms with Gasteiger partial charge in [0.1, 0.15) is 5.60 Å². The number of aliphatic hydroxyl groups is 1. The molecule has 0 spiro atoms. The Morgan fingerprint density at radius 2 is 2.11 bits per heavy atom. The topological polar surface area (TPSA) is 49.8 Å². The van der Waals surface area contributed by atoms with Crippen molar-refractivity contribution in [3.63, 3.8) is 0 Å². The number of ether oxygens (including phenoxy) is 1. The van der Waals surface area contributed by atoms with Gasteiger partial charge in [0.25, 0.3) is 0 Å². The van der Waals surface area contributed by atoms with Gasteiger partial charge < -0.3 is 9.84 Å². The zero-order valence-corrected chi connectivity index (χ0v) is 11.7. The molecule has 0 bridgehead atoms. The van der Waals surface area contributed by atoms with E-state index in [-0.39, 0.29) is 18.6 Å². The van der Waals surface area contributed by atoms with Gasteiger partial charge in [0.05, 0.1) is 5.69 Å². The lowest BCUT2D eigenvalue weighted by atomic mass is 9.93. The summed E-state index contributed by atoms with van der Waals surface area (Å²) in [5, 5.41) is 9.37. The normalized spacial score (nSPS) is 18.9. The molecule has 4 nitrogen and oxygen atoms in total. The number of amides is 1. The van der Waals surface area contributed by atoms with Crippen LogP contribution in [0.4, 0.5) is 10.5 Å². The number of fused-ring (bicyclic) bond motifs is 1. The summed E-state index contributed by atoms with van der Waals surface area (Å²) >= 11 is 0. The molecule has 1 heterocycles.